The highest BCUT2D eigenvalue weighted by Gasteiger charge is 2.40. The van der Waals surface area contributed by atoms with Crippen molar-refractivity contribution in [3.05, 3.63) is 52.2 Å². The molecule has 24 heavy (non-hydrogen) atoms. The zero-order chi connectivity index (χ0) is 17.1. The van der Waals surface area contributed by atoms with Crippen molar-refractivity contribution >= 4 is 23.2 Å². The second-order valence-corrected chi connectivity index (χ2v) is 6.83. The number of amides is 1. The zero-order valence-electron chi connectivity index (χ0n) is 13.3. The van der Waals surface area contributed by atoms with Gasteiger partial charge in [-0.2, -0.15) is 0 Å². The van der Waals surface area contributed by atoms with Gasteiger partial charge in [0.15, 0.2) is 0 Å². The van der Waals surface area contributed by atoms with Crippen LogP contribution in [0.15, 0.2) is 41.8 Å². The van der Waals surface area contributed by atoms with Crippen LogP contribution in [0.2, 0.25) is 0 Å². The molecule has 1 N–H and O–H groups in total. The quantitative estimate of drug-likeness (QED) is 0.903. The molecule has 1 aromatic heterocycles. The van der Waals surface area contributed by atoms with Crippen molar-refractivity contribution in [2.75, 3.05) is 7.11 Å². The third kappa shape index (κ3) is 3.28. The average molecular weight is 345 g/mol. The first-order valence-corrected chi connectivity index (χ1v) is 8.66. The van der Waals surface area contributed by atoms with Gasteiger partial charge in [-0.15, -0.1) is 11.3 Å². The topological polar surface area (TPSA) is 66.8 Å². The molecule has 0 saturated carbocycles. The van der Waals surface area contributed by atoms with Gasteiger partial charge in [0.25, 0.3) is 0 Å². The van der Waals surface area contributed by atoms with Crippen LogP contribution in [0, 0.1) is 5.92 Å². The van der Waals surface area contributed by atoms with Gasteiger partial charge >= 0.3 is 5.97 Å². The number of hydrogen-bond acceptors (Lipinski definition) is 4. The number of hydrogen-bond donors (Lipinski definition) is 1. The van der Waals surface area contributed by atoms with E-state index in [-0.39, 0.29) is 12.3 Å². The number of carboxylic acids is 1. The molecule has 1 amide bonds. The lowest BCUT2D eigenvalue weighted by Crippen LogP contribution is -2.44. The van der Waals surface area contributed by atoms with Crippen molar-refractivity contribution < 1.29 is 19.4 Å². The molecule has 3 rings (SSSR count). The van der Waals surface area contributed by atoms with Crippen LogP contribution in [0.4, 0.5) is 0 Å². The van der Waals surface area contributed by atoms with E-state index in [4.69, 9.17) is 4.74 Å². The molecule has 2 aromatic rings. The van der Waals surface area contributed by atoms with E-state index < -0.39 is 17.9 Å². The molecule has 2 atom stereocenters. The first-order valence-electron chi connectivity index (χ1n) is 7.78. The van der Waals surface area contributed by atoms with Crippen LogP contribution in [-0.4, -0.2) is 29.0 Å². The van der Waals surface area contributed by atoms with Gasteiger partial charge in [-0.05, 0) is 35.6 Å². The predicted molar refractivity (Wildman–Crippen MR) is 91.0 cm³/mol. The van der Waals surface area contributed by atoms with Crippen LogP contribution < -0.4 is 4.74 Å². The van der Waals surface area contributed by atoms with Gasteiger partial charge in [0.05, 0.1) is 25.6 Å². The van der Waals surface area contributed by atoms with Gasteiger partial charge in [-0.25, -0.2) is 0 Å². The minimum Gasteiger partial charge on any atom is -0.497 e. The second-order valence-electron chi connectivity index (χ2n) is 5.80. The van der Waals surface area contributed by atoms with E-state index in [1.807, 2.05) is 29.6 Å². The molecular weight excluding hydrogens is 326 g/mol. The van der Waals surface area contributed by atoms with E-state index in [1.165, 1.54) is 0 Å². The SMILES string of the molecule is COc1ccc([C@H]2[C@H](C(=O)O)CCC(=O)N2Cc2cccs2)cc1. The van der Waals surface area contributed by atoms with Crippen molar-refractivity contribution in [3.8, 4) is 5.75 Å². The lowest BCUT2D eigenvalue weighted by molar-refractivity contribution is -0.152. The summed E-state index contributed by atoms with van der Waals surface area (Å²) in [4.78, 5) is 27.0. The lowest BCUT2D eigenvalue weighted by atomic mass is 9.84. The normalized spacial score (nSPS) is 20.9. The second kappa shape index (κ2) is 7.05. The summed E-state index contributed by atoms with van der Waals surface area (Å²) in [5.74, 6) is -0.755. The maximum atomic E-state index is 12.5. The van der Waals surface area contributed by atoms with Crippen LogP contribution in [0.1, 0.15) is 29.3 Å². The molecule has 0 aliphatic carbocycles. The molecule has 1 aliphatic rings. The smallest absolute Gasteiger partial charge is 0.308 e. The summed E-state index contributed by atoms with van der Waals surface area (Å²) in [6, 6.07) is 10.7. The van der Waals surface area contributed by atoms with E-state index in [2.05, 4.69) is 0 Å². The first kappa shape index (κ1) is 16.5. The van der Waals surface area contributed by atoms with Crippen LogP contribution in [0.25, 0.3) is 0 Å². The summed E-state index contributed by atoms with van der Waals surface area (Å²) in [5.41, 5.74) is 0.827. The Bertz CT molecular complexity index is 711. The van der Waals surface area contributed by atoms with Gasteiger partial charge in [-0.3, -0.25) is 9.59 Å². The van der Waals surface area contributed by atoms with Crippen LogP contribution >= 0.6 is 11.3 Å². The third-order valence-electron chi connectivity index (χ3n) is 4.39. The highest BCUT2D eigenvalue weighted by atomic mass is 32.1. The average Bonchev–Trinajstić information content (AvgIpc) is 3.09. The predicted octanol–water partition coefficient (Wildman–Crippen LogP) is 3.32. The number of rotatable bonds is 5. The summed E-state index contributed by atoms with van der Waals surface area (Å²) >= 11 is 1.57. The number of methoxy groups -OCH3 is 1. The Morgan fingerprint density at radius 3 is 2.67 bits per heavy atom. The molecule has 126 valence electrons. The Labute approximate surface area is 144 Å². The fourth-order valence-corrected chi connectivity index (χ4v) is 3.88. The molecule has 6 heteroatoms. The molecule has 0 spiro atoms. The fraction of sp³-hybridized carbons (Fsp3) is 0.333. The number of piperidine rings is 1. The van der Waals surface area contributed by atoms with Gasteiger partial charge in [0.1, 0.15) is 5.75 Å². The Balaban J connectivity index is 1.97. The highest BCUT2D eigenvalue weighted by Crippen LogP contribution is 2.38. The number of carboxylic acid groups (broad SMARTS) is 1. The van der Waals surface area contributed by atoms with Crippen molar-refractivity contribution in [1.29, 1.82) is 0 Å². The monoisotopic (exact) mass is 345 g/mol. The fourth-order valence-electron chi connectivity index (χ4n) is 3.18. The molecule has 1 aromatic carbocycles. The summed E-state index contributed by atoms with van der Waals surface area (Å²) < 4.78 is 5.17. The van der Waals surface area contributed by atoms with E-state index in [1.54, 1.807) is 35.5 Å². The molecule has 1 saturated heterocycles. The summed E-state index contributed by atoms with van der Waals surface area (Å²) in [7, 11) is 1.59. The lowest BCUT2D eigenvalue weighted by Gasteiger charge is -2.39. The molecule has 0 radical (unpaired) electrons. The van der Waals surface area contributed by atoms with Gasteiger partial charge < -0.3 is 14.7 Å². The number of carbonyl (C=O) groups is 2. The summed E-state index contributed by atoms with van der Waals surface area (Å²) in [5, 5.41) is 11.6. The van der Waals surface area contributed by atoms with E-state index in [0.29, 0.717) is 18.7 Å². The number of thiophene rings is 1. The summed E-state index contributed by atoms with van der Waals surface area (Å²) in [6.07, 6.45) is 0.640. The number of ether oxygens (including phenoxy) is 1. The molecule has 5 nitrogen and oxygen atoms in total. The standard InChI is InChI=1S/C18H19NO4S/c1-23-13-6-4-12(5-7-13)17-15(18(21)22)8-9-16(20)19(17)11-14-3-2-10-24-14/h2-7,10,15,17H,8-9,11H2,1H3,(H,21,22)/t15-,17+/m1/s1. The molecule has 0 bridgehead atoms. The maximum Gasteiger partial charge on any atom is 0.308 e. The van der Waals surface area contributed by atoms with Gasteiger partial charge in [-0.1, -0.05) is 18.2 Å². The Morgan fingerprint density at radius 1 is 1.33 bits per heavy atom. The van der Waals surface area contributed by atoms with Crippen LogP contribution in [0.3, 0.4) is 0 Å². The molecular formula is C18H19NO4S. The number of aliphatic carboxylic acids is 1. The summed E-state index contributed by atoms with van der Waals surface area (Å²) in [6.45, 7) is 0.441. The number of carbonyl (C=O) groups excluding carboxylic acids is 1. The van der Waals surface area contributed by atoms with Crippen molar-refractivity contribution in [2.24, 2.45) is 5.92 Å². The largest absolute Gasteiger partial charge is 0.497 e. The van der Waals surface area contributed by atoms with Gasteiger partial charge in [0.2, 0.25) is 5.91 Å². The van der Waals surface area contributed by atoms with Crippen molar-refractivity contribution in [1.82, 2.24) is 4.90 Å². The molecule has 1 fully saturated rings. The van der Waals surface area contributed by atoms with E-state index in [9.17, 15) is 14.7 Å². The van der Waals surface area contributed by atoms with Crippen LogP contribution in [-0.2, 0) is 16.1 Å². The van der Waals surface area contributed by atoms with E-state index >= 15 is 0 Å². The molecule has 1 aliphatic heterocycles. The third-order valence-corrected chi connectivity index (χ3v) is 5.25. The van der Waals surface area contributed by atoms with Crippen molar-refractivity contribution in [3.63, 3.8) is 0 Å². The first-order chi connectivity index (χ1) is 11.6. The number of likely N-dealkylation sites (tertiary alicyclic amines) is 1. The molecule has 0 unspecified atom stereocenters. The zero-order valence-corrected chi connectivity index (χ0v) is 14.2. The Morgan fingerprint density at radius 2 is 2.08 bits per heavy atom. The minimum absolute atomic E-state index is 0.00159. The van der Waals surface area contributed by atoms with E-state index in [0.717, 1.165) is 10.4 Å². The van der Waals surface area contributed by atoms with Crippen LogP contribution in [0.5, 0.6) is 5.75 Å². The highest BCUT2D eigenvalue weighted by molar-refractivity contribution is 7.09. The van der Waals surface area contributed by atoms with Crippen molar-refractivity contribution in [2.45, 2.75) is 25.4 Å². The van der Waals surface area contributed by atoms with Gasteiger partial charge in [0, 0.05) is 11.3 Å². The molecule has 2 heterocycles. The number of nitrogens with zero attached hydrogens (tertiary/aromatic N) is 1. The maximum absolute atomic E-state index is 12.5. The Kier molecular flexibility index (Phi) is 4.85. The Hall–Kier alpha value is -2.34. The minimum atomic E-state index is -0.862. The number of benzene rings is 1.